The van der Waals surface area contributed by atoms with Gasteiger partial charge in [-0.3, -0.25) is 0 Å². The Morgan fingerprint density at radius 1 is 0.321 bits per heavy atom. The van der Waals surface area contributed by atoms with Crippen molar-refractivity contribution in [1.29, 1.82) is 0 Å². The molecule has 0 N–H and O–H groups in total. The smallest absolute Gasteiger partial charge is 0.136 e. The van der Waals surface area contributed by atoms with E-state index in [2.05, 4.69) is 206 Å². The molecule has 0 fully saturated rings. The summed E-state index contributed by atoms with van der Waals surface area (Å²) in [7, 11) is 0. The van der Waals surface area contributed by atoms with Gasteiger partial charge in [0.1, 0.15) is 11.2 Å². The zero-order valence-electron chi connectivity index (χ0n) is 30.5. The molecule has 56 heavy (non-hydrogen) atoms. The van der Waals surface area contributed by atoms with E-state index in [0.29, 0.717) is 0 Å². The molecule has 1 aromatic heterocycles. The monoisotopic (exact) mass is 710 g/mol. The standard InChI is InChI=1S/C55H34O/c1-3-17-39(18-4-1)55(40-19-5-2-6-20-40)47-27-14-28-49-53(47)54-48(55)33-38(34-50(54)56-49)35-29-31-37(32-30-35)51-43-22-9-11-24-45(43)52(46-25-12-10-23-44(46)51)42-26-13-16-36-15-7-8-21-41(36)42/h1-34H. The number of furan rings is 1. The SMILES string of the molecule is c1ccc(C2(c3ccccc3)c3cccc4oc5cc(-c6ccc(-c7c8ccccc8c(-c8cccc9ccccc89)c8ccccc78)cc6)cc2c5c34)cc1. The number of fused-ring (bicyclic) bond motifs is 3. The van der Waals surface area contributed by atoms with Gasteiger partial charge in [-0.15, -0.1) is 0 Å². The first-order chi connectivity index (χ1) is 27.8. The second-order valence-corrected chi connectivity index (χ2v) is 15.1. The molecule has 0 radical (unpaired) electrons. The van der Waals surface area contributed by atoms with Crippen molar-refractivity contribution in [3.8, 4) is 33.4 Å². The van der Waals surface area contributed by atoms with Gasteiger partial charge in [-0.1, -0.05) is 188 Å². The van der Waals surface area contributed by atoms with Gasteiger partial charge in [-0.25, -0.2) is 0 Å². The van der Waals surface area contributed by atoms with Gasteiger partial charge >= 0.3 is 0 Å². The van der Waals surface area contributed by atoms with E-state index >= 15 is 0 Å². The molecule has 10 aromatic carbocycles. The molecule has 1 aliphatic rings. The van der Waals surface area contributed by atoms with Crippen molar-refractivity contribution < 1.29 is 4.42 Å². The molecular weight excluding hydrogens is 677 g/mol. The quantitative estimate of drug-likeness (QED) is 0.162. The van der Waals surface area contributed by atoms with Gasteiger partial charge in [0.25, 0.3) is 0 Å². The van der Waals surface area contributed by atoms with Crippen LogP contribution in [0.3, 0.4) is 0 Å². The molecule has 0 spiro atoms. The minimum absolute atomic E-state index is 0.471. The molecule has 1 heteroatoms. The lowest BCUT2D eigenvalue weighted by molar-refractivity contribution is 0.664. The second kappa shape index (κ2) is 11.9. The molecule has 1 heterocycles. The van der Waals surface area contributed by atoms with Crippen LogP contribution in [-0.2, 0) is 5.41 Å². The largest absolute Gasteiger partial charge is 0.456 e. The van der Waals surface area contributed by atoms with Crippen molar-refractivity contribution in [2.75, 3.05) is 0 Å². The molecule has 1 aliphatic carbocycles. The van der Waals surface area contributed by atoms with E-state index in [1.54, 1.807) is 0 Å². The Bertz CT molecular complexity index is 3230. The van der Waals surface area contributed by atoms with Gasteiger partial charge in [0.15, 0.2) is 0 Å². The molecule has 0 saturated heterocycles. The topological polar surface area (TPSA) is 13.1 Å². The van der Waals surface area contributed by atoms with Gasteiger partial charge < -0.3 is 4.42 Å². The maximum Gasteiger partial charge on any atom is 0.136 e. The van der Waals surface area contributed by atoms with E-state index < -0.39 is 5.41 Å². The summed E-state index contributed by atoms with van der Waals surface area (Å²) in [5.74, 6) is 0. The minimum atomic E-state index is -0.471. The first kappa shape index (κ1) is 31.2. The Morgan fingerprint density at radius 3 is 1.50 bits per heavy atom. The predicted molar refractivity (Wildman–Crippen MR) is 234 cm³/mol. The highest BCUT2D eigenvalue weighted by Crippen LogP contribution is 2.57. The molecule has 0 saturated carbocycles. The highest BCUT2D eigenvalue weighted by Gasteiger charge is 2.46. The Morgan fingerprint density at radius 2 is 0.839 bits per heavy atom. The fraction of sp³-hybridized carbons (Fsp3) is 0.0182. The van der Waals surface area contributed by atoms with Crippen LogP contribution in [0, 0.1) is 0 Å². The van der Waals surface area contributed by atoms with E-state index in [-0.39, 0.29) is 0 Å². The van der Waals surface area contributed by atoms with Crippen molar-refractivity contribution in [2.24, 2.45) is 0 Å². The molecular formula is C55H34O. The molecule has 0 unspecified atom stereocenters. The molecule has 0 atom stereocenters. The number of hydrogen-bond acceptors (Lipinski definition) is 1. The molecule has 12 rings (SSSR count). The Hall–Kier alpha value is -7.22. The fourth-order valence-electron chi connectivity index (χ4n) is 10.0. The minimum Gasteiger partial charge on any atom is -0.456 e. The molecule has 0 bridgehead atoms. The Kier molecular flexibility index (Phi) is 6.62. The lowest BCUT2D eigenvalue weighted by Gasteiger charge is -2.34. The van der Waals surface area contributed by atoms with Crippen LogP contribution in [0.4, 0.5) is 0 Å². The summed E-state index contributed by atoms with van der Waals surface area (Å²) in [6, 6.07) is 75.7. The van der Waals surface area contributed by atoms with E-state index in [0.717, 1.165) is 22.3 Å². The Balaban J connectivity index is 1.06. The number of benzene rings is 10. The number of hydrogen-bond donors (Lipinski definition) is 0. The zero-order chi connectivity index (χ0) is 36.8. The van der Waals surface area contributed by atoms with Gasteiger partial charge in [0, 0.05) is 10.8 Å². The Labute approximate surface area is 324 Å². The van der Waals surface area contributed by atoms with E-state index in [9.17, 15) is 0 Å². The summed E-state index contributed by atoms with van der Waals surface area (Å²) >= 11 is 0. The van der Waals surface area contributed by atoms with Gasteiger partial charge in [-0.05, 0) is 106 Å². The van der Waals surface area contributed by atoms with Gasteiger partial charge in [0.05, 0.1) is 5.41 Å². The number of rotatable bonds is 5. The van der Waals surface area contributed by atoms with E-state index in [1.807, 2.05) is 0 Å². The molecule has 0 amide bonds. The molecule has 260 valence electrons. The van der Waals surface area contributed by atoms with E-state index in [4.69, 9.17) is 4.42 Å². The summed E-state index contributed by atoms with van der Waals surface area (Å²) < 4.78 is 6.67. The molecule has 1 nitrogen and oxygen atoms in total. The summed E-state index contributed by atoms with van der Waals surface area (Å²) in [5.41, 5.74) is 13.8. The average Bonchev–Trinajstić information content (AvgIpc) is 3.81. The van der Waals surface area contributed by atoms with E-state index in [1.165, 1.54) is 87.6 Å². The lowest BCUT2D eigenvalue weighted by Crippen LogP contribution is -2.28. The van der Waals surface area contributed by atoms with Crippen molar-refractivity contribution in [2.45, 2.75) is 5.41 Å². The third kappa shape index (κ3) is 4.26. The highest BCUT2D eigenvalue weighted by molar-refractivity contribution is 6.23. The summed E-state index contributed by atoms with van der Waals surface area (Å²) in [5, 5.41) is 9.99. The van der Waals surface area contributed by atoms with Gasteiger partial charge in [-0.2, -0.15) is 0 Å². The van der Waals surface area contributed by atoms with Crippen molar-refractivity contribution in [1.82, 2.24) is 0 Å². The first-order valence-corrected chi connectivity index (χ1v) is 19.4. The summed E-state index contributed by atoms with van der Waals surface area (Å²) in [4.78, 5) is 0. The second-order valence-electron chi connectivity index (χ2n) is 15.1. The van der Waals surface area contributed by atoms with Gasteiger partial charge in [0.2, 0.25) is 0 Å². The summed E-state index contributed by atoms with van der Waals surface area (Å²) in [6.07, 6.45) is 0. The maximum atomic E-state index is 6.67. The highest BCUT2D eigenvalue weighted by atomic mass is 16.3. The van der Waals surface area contributed by atoms with Crippen LogP contribution in [0.25, 0.3) is 87.6 Å². The van der Waals surface area contributed by atoms with Crippen molar-refractivity contribution in [3.05, 3.63) is 229 Å². The van der Waals surface area contributed by atoms with Crippen LogP contribution >= 0.6 is 0 Å². The van der Waals surface area contributed by atoms with Crippen LogP contribution in [0.5, 0.6) is 0 Å². The first-order valence-electron chi connectivity index (χ1n) is 19.4. The molecule has 0 aliphatic heterocycles. The molecule has 11 aromatic rings. The third-order valence-electron chi connectivity index (χ3n) is 12.3. The van der Waals surface area contributed by atoms with Crippen LogP contribution in [0.15, 0.2) is 211 Å². The van der Waals surface area contributed by atoms with Crippen LogP contribution in [-0.4, -0.2) is 0 Å². The zero-order valence-corrected chi connectivity index (χ0v) is 30.5. The lowest BCUT2D eigenvalue weighted by atomic mass is 9.67. The van der Waals surface area contributed by atoms with Crippen molar-refractivity contribution >= 4 is 54.3 Å². The van der Waals surface area contributed by atoms with Crippen LogP contribution in [0.2, 0.25) is 0 Å². The fourth-order valence-corrected chi connectivity index (χ4v) is 10.0. The van der Waals surface area contributed by atoms with Crippen LogP contribution in [0.1, 0.15) is 22.3 Å². The third-order valence-corrected chi connectivity index (χ3v) is 12.3. The summed E-state index contributed by atoms with van der Waals surface area (Å²) in [6.45, 7) is 0. The normalized spacial score (nSPS) is 13.1. The predicted octanol–water partition coefficient (Wildman–Crippen LogP) is 14.7. The van der Waals surface area contributed by atoms with Crippen molar-refractivity contribution in [3.63, 3.8) is 0 Å². The average molecular weight is 711 g/mol. The maximum absolute atomic E-state index is 6.67. The van der Waals surface area contributed by atoms with Crippen LogP contribution < -0.4 is 0 Å².